The first-order valence-electron chi connectivity index (χ1n) is 24.8. The minimum atomic E-state index is -3.75. The summed E-state index contributed by atoms with van der Waals surface area (Å²) in [6.45, 7) is 11.0. The lowest BCUT2D eigenvalue weighted by Crippen LogP contribution is -2.59. The van der Waals surface area contributed by atoms with Crippen molar-refractivity contribution < 1.29 is 42.5 Å². The molecule has 6 heterocycles. The molecule has 14 nitrogen and oxygen atoms in total. The summed E-state index contributed by atoms with van der Waals surface area (Å²) >= 11 is 9.88. The first-order valence-corrected chi connectivity index (χ1v) is 27.2. The Morgan fingerprint density at radius 2 is 1.68 bits per heavy atom. The van der Waals surface area contributed by atoms with Crippen molar-refractivity contribution >= 4 is 74.4 Å². The molecule has 4 amide bonds. The minimum absolute atomic E-state index is 0.0663. The summed E-state index contributed by atoms with van der Waals surface area (Å²) in [5.41, 5.74) is 7.30. The number of aromatic nitrogens is 2. The van der Waals surface area contributed by atoms with Crippen LogP contribution in [0.15, 0.2) is 85.1 Å². The first kappa shape index (κ1) is 50.2. The number of hydrogen-bond acceptors (Lipinski definition) is 13. The van der Waals surface area contributed by atoms with Gasteiger partial charge in [-0.3, -0.25) is 38.9 Å². The molecule has 3 N–H and O–H groups in total. The number of halogens is 3. The number of thiophene rings is 1. The zero-order valence-electron chi connectivity index (χ0n) is 41.1. The van der Waals surface area contributed by atoms with E-state index in [1.54, 1.807) is 59.6 Å². The molecule has 384 valence electrons. The molecule has 0 spiro atoms. The number of imide groups is 1. The molecule has 2 aliphatic carbocycles. The van der Waals surface area contributed by atoms with E-state index in [0.29, 0.717) is 90.2 Å². The van der Waals surface area contributed by atoms with Crippen LogP contribution in [0.3, 0.4) is 0 Å². The molecule has 3 aromatic heterocycles. The third-order valence-corrected chi connectivity index (χ3v) is 17.4. The predicted molar refractivity (Wildman–Crippen MR) is 280 cm³/mol. The number of nitrogens with zero attached hydrogens (tertiary/aromatic N) is 5. The van der Waals surface area contributed by atoms with Crippen molar-refractivity contribution in [1.29, 1.82) is 0 Å². The van der Waals surface area contributed by atoms with Crippen LogP contribution in [-0.4, -0.2) is 109 Å². The topological polar surface area (TPSA) is 167 Å². The molecule has 11 rings (SSSR count). The maximum atomic E-state index is 13.7. The Labute approximate surface area is 439 Å². The van der Waals surface area contributed by atoms with E-state index < -0.39 is 17.9 Å². The fraction of sp³-hybridized carbons (Fsp3) is 0.382. The number of piperazine rings is 1. The molecular formula is C55H54ClF2N7O7S2. The molecular weight excluding hydrogens is 1010 g/mol. The van der Waals surface area contributed by atoms with Crippen LogP contribution in [-0.2, 0) is 32.9 Å². The van der Waals surface area contributed by atoms with E-state index in [1.807, 2.05) is 43.3 Å². The first-order chi connectivity index (χ1) is 35.4. The zero-order valence-corrected chi connectivity index (χ0v) is 43.5. The van der Waals surface area contributed by atoms with Gasteiger partial charge in [0.1, 0.15) is 12.0 Å². The van der Waals surface area contributed by atoms with Gasteiger partial charge in [-0.25, -0.2) is 4.98 Å². The van der Waals surface area contributed by atoms with Crippen LogP contribution < -0.4 is 20.1 Å². The third kappa shape index (κ3) is 9.76. The molecule has 5 atom stereocenters. The van der Waals surface area contributed by atoms with Gasteiger partial charge in [-0.05, 0) is 129 Å². The van der Waals surface area contributed by atoms with Gasteiger partial charge in [0, 0.05) is 82.6 Å². The highest BCUT2D eigenvalue weighted by Crippen LogP contribution is 2.53. The number of aliphatic hydroxyl groups excluding tert-OH is 1. The van der Waals surface area contributed by atoms with Crippen LogP contribution in [0, 0.1) is 25.7 Å². The number of aryl methyl sites for hydroxylation is 2. The minimum Gasteiger partial charge on any atom is -0.395 e. The van der Waals surface area contributed by atoms with Gasteiger partial charge in [0.25, 0.3) is 5.91 Å². The van der Waals surface area contributed by atoms with Crippen molar-refractivity contribution in [2.24, 2.45) is 11.8 Å². The van der Waals surface area contributed by atoms with E-state index in [9.17, 15) is 33.1 Å². The van der Waals surface area contributed by atoms with Gasteiger partial charge in [-0.2, -0.15) is 11.8 Å². The van der Waals surface area contributed by atoms with Crippen LogP contribution in [0.1, 0.15) is 70.6 Å². The number of aliphatic hydroxyl groups is 1. The van der Waals surface area contributed by atoms with Crippen LogP contribution in [0.25, 0.3) is 32.6 Å². The van der Waals surface area contributed by atoms with Gasteiger partial charge in [-0.15, -0.1) is 20.1 Å². The number of alkyl halides is 2. The van der Waals surface area contributed by atoms with Gasteiger partial charge in [0.15, 0.2) is 11.5 Å². The molecule has 74 heavy (non-hydrogen) atoms. The monoisotopic (exact) mass is 1060 g/mol. The number of nitrogens with one attached hydrogen (secondary N) is 2. The Morgan fingerprint density at radius 1 is 0.919 bits per heavy atom. The Morgan fingerprint density at radius 3 is 2.43 bits per heavy atom. The van der Waals surface area contributed by atoms with Crippen molar-refractivity contribution in [3.63, 3.8) is 0 Å². The van der Waals surface area contributed by atoms with E-state index >= 15 is 0 Å². The lowest BCUT2D eigenvalue weighted by molar-refractivity contribution is -0.286. The number of carbonyl (C=O) groups excluding carboxylic acids is 4. The molecule has 0 bridgehead atoms. The molecule has 2 saturated heterocycles. The molecule has 6 aromatic rings. The van der Waals surface area contributed by atoms with Crippen LogP contribution >= 0.6 is 34.7 Å². The third-order valence-electron chi connectivity index (χ3n) is 15.0. The number of pyridine rings is 2. The van der Waals surface area contributed by atoms with Gasteiger partial charge < -0.3 is 25.2 Å². The lowest BCUT2D eigenvalue weighted by Gasteiger charge is -2.46. The largest absolute Gasteiger partial charge is 0.586 e. The number of fused-ring (bicyclic) bond motifs is 3. The second kappa shape index (κ2) is 19.6. The number of hydrogen-bond donors (Lipinski definition) is 3. The average Bonchev–Trinajstić information content (AvgIpc) is 4.27. The van der Waals surface area contributed by atoms with Crippen molar-refractivity contribution in [3.05, 3.63) is 123 Å². The number of thioether (sulfide) groups is 1. The lowest BCUT2D eigenvalue weighted by atomic mass is 9.94. The van der Waals surface area contributed by atoms with E-state index in [0.717, 1.165) is 42.9 Å². The SMILES string of the molecule is Cc1ccc(NC(=O)C2(c3ccc4c(c3)OC(F)(F)O4)CC2)nc1-c1cccc(C(=O)NCCSCC(O)N2C[C@H](C)N(Cc3c(C)cc(Cl)cc3-c3ccnc4cc(CN5C(=O)C6CC6C5=O)sc34)[C@@H](C)C2)c1. The number of likely N-dealkylation sites (tertiary alicyclic amines) is 1. The molecule has 0 radical (unpaired) electrons. The van der Waals surface area contributed by atoms with E-state index in [1.165, 1.54) is 17.0 Å². The normalized spacial score (nSPS) is 22.0. The van der Waals surface area contributed by atoms with Gasteiger partial charge in [0.05, 0.1) is 39.7 Å². The zero-order chi connectivity index (χ0) is 51.8. The predicted octanol–water partition coefficient (Wildman–Crippen LogP) is 9.17. The quantitative estimate of drug-likeness (QED) is 0.0623. The van der Waals surface area contributed by atoms with Crippen molar-refractivity contribution in [2.75, 3.05) is 36.5 Å². The highest BCUT2D eigenvalue weighted by atomic mass is 35.5. The average molecular weight is 1060 g/mol. The summed E-state index contributed by atoms with van der Waals surface area (Å²) in [6.07, 6.45) is -0.888. The number of carbonyl (C=O) groups is 4. The van der Waals surface area contributed by atoms with Gasteiger partial charge in [-0.1, -0.05) is 35.9 Å². The second-order valence-corrected chi connectivity index (χ2v) is 22.9. The fourth-order valence-electron chi connectivity index (χ4n) is 10.8. The summed E-state index contributed by atoms with van der Waals surface area (Å²) in [6, 6.07) is 23.4. The number of rotatable bonds is 16. The summed E-state index contributed by atoms with van der Waals surface area (Å²) in [7, 11) is 0. The van der Waals surface area contributed by atoms with Gasteiger partial charge in [0.2, 0.25) is 17.7 Å². The molecule has 19 heteroatoms. The smallest absolute Gasteiger partial charge is 0.395 e. The maximum Gasteiger partial charge on any atom is 0.586 e. The second-order valence-electron chi connectivity index (χ2n) is 20.2. The van der Waals surface area contributed by atoms with Gasteiger partial charge >= 0.3 is 6.29 Å². The van der Waals surface area contributed by atoms with Crippen molar-refractivity contribution in [3.8, 4) is 33.9 Å². The van der Waals surface area contributed by atoms with E-state index in [-0.39, 0.29) is 65.6 Å². The summed E-state index contributed by atoms with van der Waals surface area (Å²) in [4.78, 5) is 68.9. The molecule has 5 aliphatic rings. The van der Waals surface area contributed by atoms with Crippen LogP contribution in [0.5, 0.6) is 11.5 Å². The van der Waals surface area contributed by atoms with E-state index in [2.05, 4.69) is 55.7 Å². The number of amides is 4. The standard InChI is InChI=1S/C55H54ClF2N7O7S2/c1-29-8-11-46(62-53(70)54(13-14-54)35-9-10-44-45(20-35)72-55(57,58)71-44)61-48(29)33-6-5-7-34(19-33)50(67)60-16-17-73-28-47(66)63-24-31(3)64(32(4)25-63)27-42-30(2)18-36(56)21-39(42)38-12-15-59-43-22-37(74-49(38)43)26-65-51(68)40-23-41(40)52(65)69/h5-12,15,18-22,31-32,40-41,47,66H,13-14,16-17,23-28H2,1-4H3,(H,60,67)(H,61,62,70)/t31-,32-,40?,41?,47?/m0/s1. The Balaban J connectivity index is 0.669. The number of benzene rings is 3. The van der Waals surface area contributed by atoms with Crippen molar-refractivity contribution in [1.82, 2.24) is 30.0 Å². The Hall–Kier alpha value is -6.02. The fourth-order valence-corrected chi connectivity index (χ4v) is 13.0. The molecule has 3 aromatic carbocycles. The van der Waals surface area contributed by atoms with Crippen LogP contribution in [0.2, 0.25) is 5.02 Å². The molecule has 4 fully saturated rings. The summed E-state index contributed by atoms with van der Waals surface area (Å²) < 4.78 is 37.5. The molecule has 3 aliphatic heterocycles. The highest BCUT2D eigenvalue weighted by molar-refractivity contribution is 7.99. The summed E-state index contributed by atoms with van der Waals surface area (Å²) in [5, 5.41) is 18.0. The Bertz CT molecular complexity index is 3230. The molecule has 2 saturated carbocycles. The van der Waals surface area contributed by atoms with Crippen LogP contribution in [0.4, 0.5) is 14.6 Å². The van der Waals surface area contributed by atoms with Crippen molar-refractivity contribution in [2.45, 2.75) is 90.1 Å². The maximum absolute atomic E-state index is 13.7. The number of piperidine rings is 1. The number of anilines is 1. The summed E-state index contributed by atoms with van der Waals surface area (Å²) in [5.74, 6) is 0.226. The molecule has 3 unspecified atom stereocenters. The number of ether oxygens (including phenoxy) is 2. The van der Waals surface area contributed by atoms with E-state index in [4.69, 9.17) is 16.6 Å². The highest BCUT2D eigenvalue weighted by Gasteiger charge is 2.59. The Kier molecular flexibility index (Phi) is 13.3.